The number of benzene rings is 3. The van der Waals surface area contributed by atoms with Gasteiger partial charge in [-0.15, -0.1) is 0 Å². The Labute approximate surface area is 122 Å². The molecule has 0 aliphatic carbocycles. The maximum absolute atomic E-state index is 13.2. The van der Waals surface area contributed by atoms with Crippen molar-refractivity contribution in [2.45, 2.75) is 6.92 Å². The monoisotopic (exact) mass is 275 g/mol. The van der Waals surface area contributed by atoms with Crippen LogP contribution in [0.25, 0.3) is 27.5 Å². The molecule has 0 saturated heterocycles. The van der Waals surface area contributed by atoms with Crippen LogP contribution in [0.2, 0.25) is 0 Å². The largest absolute Gasteiger partial charge is 0.309 e. The normalized spacial score (nSPS) is 11.3. The summed E-state index contributed by atoms with van der Waals surface area (Å²) in [6.45, 7) is 2.09. The summed E-state index contributed by atoms with van der Waals surface area (Å²) in [5.74, 6) is -0.212. The zero-order valence-corrected chi connectivity index (χ0v) is 11.7. The van der Waals surface area contributed by atoms with E-state index in [0.717, 1.165) is 16.7 Å². The minimum Gasteiger partial charge on any atom is -0.309 e. The first-order chi connectivity index (χ1) is 10.2. The number of fused-ring (bicyclic) bond motifs is 3. The molecule has 0 aliphatic heterocycles. The second kappa shape index (κ2) is 4.45. The molecule has 0 atom stereocenters. The number of hydrogen-bond donors (Lipinski definition) is 0. The Morgan fingerprint density at radius 3 is 2.29 bits per heavy atom. The Morgan fingerprint density at radius 2 is 1.48 bits per heavy atom. The zero-order chi connectivity index (χ0) is 14.4. The van der Waals surface area contributed by atoms with Crippen LogP contribution in [0.4, 0.5) is 4.39 Å². The van der Waals surface area contributed by atoms with Gasteiger partial charge in [0.05, 0.1) is 11.0 Å². The van der Waals surface area contributed by atoms with Gasteiger partial charge in [-0.2, -0.15) is 0 Å². The predicted molar refractivity (Wildman–Crippen MR) is 85.5 cm³/mol. The molecular formula is C19H14FN. The Hall–Kier alpha value is -2.61. The molecule has 1 aromatic heterocycles. The van der Waals surface area contributed by atoms with Gasteiger partial charge in [-0.05, 0) is 48.9 Å². The Morgan fingerprint density at radius 1 is 0.762 bits per heavy atom. The molecule has 0 aliphatic rings. The first kappa shape index (κ1) is 12.2. The summed E-state index contributed by atoms with van der Waals surface area (Å²) in [6, 6.07) is 21.5. The van der Waals surface area contributed by atoms with E-state index in [-0.39, 0.29) is 5.82 Å². The van der Waals surface area contributed by atoms with Crippen molar-refractivity contribution in [2.75, 3.05) is 0 Å². The third kappa shape index (κ3) is 1.83. The number of nitrogens with zero attached hydrogens (tertiary/aromatic N) is 1. The van der Waals surface area contributed by atoms with E-state index in [2.05, 4.69) is 47.9 Å². The van der Waals surface area contributed by atoms with Crippen molar-refractivity contribution in [3.63, 3.8) is 0 Å². The number of hydrogen-bond acceptors (Lipinski definition) is 0. The summed E-state index contributed by atoms with van der Waals surface area (Å²) < 4.78 is 15.4. The van der Waals surface area contributed by atoms with Crippen LogP contribution < -0.4 is 0 Å². The maximum Gasteiger partial charge on any atom is 0.123 e. The Kier molecular flexibility index (Phi) is 2.58. The molecule has 0 bridgehead atoms. The molecule has 21 heavy (non-hydrogen) atoms. The van der Waals surface area contributed by atoms with Gasteiger partial charge in [0, 0.05) is 16.5 Å². The fraction of sp³-hybridized carbons (Fsp3) is 0.0526. The summed E-state index contributed by atoms with van der Waals surface area (Å²) in [4.78, 5) is 0. The van der Waals surface area contributed by atoms with Gasteiger partial charge in [0.2, 0.25) is 0 Å². The molecule has 3 aromatic carbocycles. The standard InChI is InChI=1S/C19H14FN/c1-13-6-11-17-16-4-2-3-5-18(16)21(19(17)12-13)15-9-7-14(20)8-10-15/h2-12H,1H3. The number of para-hydroxylation sites is 1. The quantitative estimate of drug-likeness (QED) is 0.448. The lowest BCUT2D eigenvalue weighted by Crippen LogP contribution is -1.93. The van der Waals surface area contributed by atoms with Gasteiger partial charge in [-0.3, -0.25) is 0 Å². The van der Waals surface area contributed by atoms with E-state index in [4.69, 9.17) is 0 Å². The number of aryl methyl sites for hydroxylation is 1. The molecule has 0 N–H and O–H groups in total. The summed E-state index contributed by atoms with van der Waals surface area (Å²) in [5, 5.41) is 2.44. The first-order valence-corrected chi connectivity index (χ1v) is 7.00. The smallest absolute Gasteiger partial charge is 0.123 e. The molecule has 0 amide bonds. The average Bonchev–Trinajstić information content (AvgIpc) is 2.82. The van der Waals surface area contributed by atoms with E-state index in [0.29, 0.717) is 0 Å². The number of aromatic nitrogens is 1. The van der Waals surface area contributed by atoms with Gasteiger partial charge in [-0.1, -0.05) is 30.3 Å². The van der Waals surface area contributed by atoms with E-state index < -0.39 is 0 Å². The highest BCUT2D eigenvalue weighted by atomic mass is 19.1. The molecular weight excluding hydrogens is 261 g/mol. The molecule has 1 heterocycles. The van der Waals surface area contributed by atoms with Gasteiger partial charge in [0.25, 0.3) is 0 Å². The van der Waals surface area contributed by atoms with Crippen molar-refractivity contribution < 1.29 is 4.39 Å². The summed E-state index contributed by atoms with van der Waals surface area (Å²) in [6.07, 6.45) is 0. The SMILES string of the molecule is Cc1ccc2c3ccccc3n(-c3ccc(F)cc3)c2c1. The third-order valence-electron chi connectivity index (χ3n) is 3.91. The maximum atomic E-state index is 13.2. The van der Waals surface area contributed by atoms with Crippen LogP contribution in [-0.2, 0) is 0 Å². The lowest BCUT2D eigenvalue weighted by molar-refractivity contribution is 0.627. The van der Waals surface area contributed by atoms with Crippen molar-refractivity contribution in [2.24, 2.45) is 0 Å². The first-order valence-electron chi connectivity index (χ1n) is 7.00. The lowest BCUT2D eigenvalue weighted by Gasteiger charge is -2.07. The van der Waals surface area contributed by atoms with Crippen molar-refractivity contribution in [1.82, 2.24) is 4.57 Å². The van der Waals surface area contributed by atoms with Crippen molar-refractivity contribution in [3.05, 3.63) is 78.1 Å². The van der Waals surface area contributed by atoms with Crippen molar-refractivity contribution in [1.29, 1.82) is 0 Å². The van der Waals surface area contributed by atoms with Crippen LogP contribution in [0.1, 0.15) is 5.56 Å². The fourth-order valence-corrected chi connectivity index (χ4v) is 2.95. The van der Waals surface area contributed by atoms with Crippen LogP contribution >= 0.6 is 0 Å². The van der Waals surface area contributed by atoms with E-state index in [1.165, 1.54) is 28.5 Å². The van der Waals surface area contributed by atoms with Gasteiger partial charge < -0.3 is 4.57 Å². The minimum absolute atomic E-state index is 0.212. The molecule has 102 valence electrons. The summed E-state index contributed by atoms with van der Waals surface area (Å²) in [5.41, 5.74) is 4.49. The van der Waals surface area contributed by atoms with Crippen molar-refractivity contribution >= 4 is 21.8 Å². The highest BCUT2D eigenvalue weighted by Crippen LogP contribution is 2.32. The van der Waals surface area contributed by atoms with Gasteiger partial charge in [0.1, 0.15) is 5.82 Å². The van der Waals surface area contributed by atoms with E-state index >= 15 is 0 Å². The van der Waals surface area contributed by atoms with Crippen LogP contribution in [0, 0.1) is 12.7 Å². The van der Waals surface area contributed by atoms with Gasteiger partial charge in [0.15, 0.2) is 0 Å². The second-order valence-electron chi connectivity index (χ2n) is 5.35. The van der Waals surface area contributed by atoms with Crippen molar-refractivity contribution in [3.8, 4) is 5.69 Å². The molecule has 0 fully saturated rings. The number of halogens is 1. The van der Waals surface area contributed by atoms with Crippen LogP contribution in [0.15, 0.2) is 66.7 Å². The molecule has 4 aromatic rings. The zero-order valence-electron chi connectivity index (χ0n) is 11.7. The van der Waals surface area contributed by atoms with Gasteiger partial charge in [-0.25, -0.2) is 4.39 Å². The third-order valence-corrected chi connectivity index (χ3v) is 3.91. The predicted octanol–water partition coefficient (Wildman–Crippen LogP) is 5.23. The summed E-state index contributed by atoms with van der Waals surface area (Å²) in [7, 11) is 0. The molecule has 2 heteroatoms. The number of rotatable bonds is 1. The van der Waals surface area contributed by atoms with Crippen LogP contribution in [0.5, 0.6) is 0 Å². The topological polar surface area (TPSA) is 4.93 Å². The van der Waals surface area contributed by atoms with E-state index in [1.807, 2.05) is 18.2 Å². The molecule has 1 nitrogen and oxygen atoms in total. The molecule has 0 saturated carbocycles. The van der Waals surface area contributed by atoms with Crippen LogP contribution in [0.3, 0.4) is 0 Å². The average molecular weight is 275 g/mol. The van der Waals surface area contributed by atoms with E-state index in [9.17, 15) is 4.39 Å². The molecule has 0 unspecified atom stereocenters. The highest BCUT2D eigenvalue weighted by molar-refractivity contribution is 6.09. The highest BCUT2D eigenvalue weighted by Gasteiger charge is 2.11. The second-order valence-corrected chi connectivity index (χ2v) is 5.35. The van der Waals surface area contributed by atoms with Gasteiger partial charge >= 0.3 is 0 Å². The Bertz CT molecular complexity index is 949. The fourth-order valence-electron chi connectivity index (χ4n) is 2.95. The molecule has 0 spiro atoms. The van der Waals surface area contributed by atoms with Crippen LogP contribution in [-0.4, -0.2) is 4.57 Å². The Balaban J connectivity index is 2.18. The minimum atomic E-state index is -0.212. The van der Waals surface area contributed by atoms with E-state index in [1.54, 1.807) is 0 Å². The summed E-state index contributed by atoms with van der Waals surface area (Å²) >= 11 is 0. The molecule has 0 radical (unpaired) electrons. The molecule has 4 rings (SSSR count). The lowest BCUT2D eigenvalue weighted by atomic mass is 10.1.